The smallest absolute Gasteiger partial charge is 0.261 e. The Hall–Kier alpha value is -3.55. The molecule has 1 aliphatic carbocycles. The summed E-state index contributed by atoms with van der Waals surface area (Å²) in [4.78, 5) is 12.9. The van der Waals surface area contributed by atoms with E-state index in [1.165, 1.54) is 5.56 Å². The first-order valence-corrected chi connectivity index (χ1v) is 10.2. The van der Waals surface area contributed by atoms with E-state index < -0.39 is 0 Å². The molecular weight excluding hydrogens is 378 g/mol. The highest BCUT2D eigenvalue weighted by Gasteiger charge is 2.44. The monoisotopic (exact) mass is 401 g/mol. The average Bonchev–Trinajstić information content (AvgIpc) is 3.35. The highest BCUT2D eigenvalue weighted by Crippen LogP contribution is 2.48. The van der Waals surface area contributed by atoms with Gasteiger partial charge in [-0.15, -0.1) is 0 Å². The van der Waals surface area contributed by atoms with Crippen LogP contribution in [0.25, 0.3) is 22.6 Å². The zero-order chi connectivity index (χ0) is 20.7. The molecule has 1 fully saturated rings. The maximum absolute atomic E-state index is 5.65. The van der Waals surface area contributed by atoms with E-state index >= 15 is 0 Å². The molecule has 0 radical (unpaired) electrons. The molecule has 0 saturated heterocycles. The second-order valence-corrected chi connectivity index (χ2v) is 7.73. The maximum Gasteiger partial charge on any atom is 0.261 e. The third kappa shape index (κ3) is 2.87. The lowest BCUT2D eigenvalue weighted by atomic mass is 9.64. The lowest BCUT2D eigenvalue weighted by Gasteiger charge is -2.39. The van der Waals surface area contributed by atoms with Crippen molar-refractivity contribution in [1.82, 2.24) is 29.9 Å². The first-order chi connectivity index (χ1) is 14.6. The van der Waals surface area contributed by atoms with Crippen LogP contribution in [0.5, 0.6) is 0 Å². The summed E-state index contributed by atoms with van der Waals surface area (Å²) in [5, 5.41) is 8.76. The molecule has 0 atom stereocenters. The molecule has 4 aromatic rings. The zero-order valence-corrected chi connectivity index (χ0v) is 17.0. The molecule has 8 nitrogen and oxygen atoms in total. The van der Waals surface area contributed by atoms with Gasteiger partial charge >= 0.3 is 0 Å². The van der Waals surface area contributed by atoms with Gasteiger partial charge in [-0.25, -0.2) is 9.97 Å². The quantitative estimate of drug-likeness (QED) is 0.542. The molecule has 152 valence electrons. The molecule has 1 saturated carbocycles. The van der Waals surface area contributed by atoms with Crippen molar-refractivity contribution in [2.24, 2.45) is 0 Å². The number of hydrogen-bond acceptors (Lipinski definition) is 7. The van der Waals surface area contributed by atoms with Crippen molar-refractivity contribution < 1.29 is 4.52 Å². The maximum atomic E-state index is 5.65. The van der Waals surface area contributed by atoms with Crippen LogP contribution in [0.3, 0.4) is 0 Å². The third-order valence-electron chi connectivity index (χ3n) is 6.14. The fourth-order valence-electron chi connectivity index (χ4n) is 4.14. The predicted octanol–water partition coefficient (Wildman–Crippen LogP) is 3.77. The SMILES string of the molecule is CCn1ncc(-c2nc(C3(c4ccc(-c5cnc(N)nc5)cc4)CCC3)no2)c1C. The average molecular weight is 401 g/mol. The number of aryl methyl sites for hydroxylation is 1. The van der Waals surface area contributed by atoms with Crippen molar-refractivity contribution in [2.75, 3.05) is 5.73 Å². The van der Waals surface area contributed by atoms with Gasteiger partial charge in [-0.3, -0.25) is 4.68 Å². The number of nitrogens with zero attached hydrogens (tertiary/aromatic N) is 6. The Labute approximate surface area is 174 Å². The van der Waals surface area contributed by atoms with E-state index in [1.54, 1.807) is 18.6 Å². The largest absolute Gasteiger partial charge is 0.368 e. The van der Waals surface area contributed by atoms with E-state index in [2.05, 4.69) is 51.4 Å². The van der Waals surface area contributed by atoms with Gasteiger partial charge in [0.15, 0.2) is 5.82 Å². The van der Waals surface area contributed by atoms with E-state index in [-0.39, 0.29) is 11.4 Å². The molecule has 30 heavy (non-hydrogen) atoms. The molecule has 0 amide bonds. The second-order valence-electron chi connectivity index (χ2n) is 7.73. The van der Waals surface area contributed by atoms with Crippen LogP contribution in [0, 0.1) is 6.92 Å². The number of aromatic nitrogens is 6. The second kappa shape index (κ2) is 7.05. The van der Waals surface area contributed by atoms with Crippen molar-refractivity contribution in [2.45, 2.75) is 45.1 Å². The molecule has 0 spiro atoms. The van der Waals surface area contributed by atoms with Crippen molar-refractivity contribution in [1.29, 1.82) is 0 Å². The topological polar surface area (TPSA) is 109 Å². The van der Waals surface area contributed by atoms with E-state index in [0.29, 0.717) is 5.89 Å². The van der Waals surface area contributed by atoms with Gasteiger partial charge in [0.1, 0.15) is 0 Å². The van der Waals surface area contributed by atoms with Crippen molar-refractivity contribution in [3.63, 3.8) is 0 Å². The number of nitrogens with two attached hydrogens (primary N) is 1. The Morgan fingerprint density at radius 2 is 1.80 bits per heavy atom. The van der Waals surface area contributed by atoms with E-state index in [9.17, 15) is 0 Å². The van der Waals surface area contributed by atoms with Crippen LogP contribution in [0.15, 0.2) is 47.4 Å². The molecule has 1 aromatic carbocycles. The third-order valence-corrected chi connectivity index (χ3v) is 6.14. The van der Waals surface area contributed by atoms with Gasteiger partial charge in [-0.05, 0) is 37.8 Å². The number of benzene rings is 1. The molecule has 3 heterocycles. The number of rotatable bonds is 5. The van der Waals surface area contributed by atoms with Gasteiger partial charge in [0.05, 0.1) is 17.2 Å². The summed E-state index contributed by atoms with van der Waals surface area (Å²) in [6.45, 7) is 4.89. The highest BCUT2D eigenvalue weighted by molar-refractivity contribution is 5.63. The summed E-state index contributed by atoms with van der Waals surface area (Å²) >= 11 is 0. The van der Waals surface area contributed by atoms with Gasteiger partial charge in [-0.1, -0.05) is 35.8 Å². The van der Waals surface area contributed by atoms with E-state index in [0.717, 1.165) is 54.0 Å². The highest BCUT2D eigenvalue weighted by atomic mass is 16.5. The minimum atomic E-state index is -0.202. The van der Waals surface area contributed by atoms with Crippen LogP contribution in [0.4, 0.5) is 5.95 Å². The summed E-state index contributed by atoms with van der Waals surface area (Å²) in [7, 11) is 0. The molecule has 5 rings (SSSR count). The Bertz CT molecular complexity index is 1170. The minimum absolute atomic E-state index is 0.202. The van der Waals surface area contributed by atoms with Crippen LogP contribution in [0.2, 0.25) is 0 Å². The van der Waals surface area contributed by atoms with Crippen molar-refractivity contribution in [3.8, 4) is 22.6 Å². The molecular formula is C22H23N7O. The first-order valence-electron chi connectivity index (χ1n) is 10.2. The van der Waals surface area contributed by atoms with E-state index in [1.807, 2.05) is 11.6 Å². The lowest BCUT2D eigenvalue weighted by molar-refractivity contribution is 0.273. The van der Waals surface area contributed by atoms with Gasteiger partial charge in [0.2, 0.25) is 5.95 Å². The number of nitrogen functional groups attached to an aromatic ring is 1. The van der Waals surface area contributed by atoms with Gasteiger partial charge in [-0.2, -0.15) is 10.1 Å². The van der Waals surface area contributed by atoms with Gasteiger partial charge < -0.3 is 10.3 Å². The van der Waals surface area contributed by atoms with Gasteiger partial charge in [0, 0.05) is 30.2 Å². The van der Waals surface area contributed by atoms with Crippen LogP contribution in [-0.4, -0.2) is 29.9 Å². The van der Waals surface area contributed by atoms with Crippen LogP contribution < -0.4 is 5.73 Å². The fraction of sp³-hybridized carbons (Fsp3) is 0.318. The van der Waals surface area contributed by atoms with Crippen LogP contribution in [0.1, 0.15) is 43.3 Å². The minimum Gasteiger partial charge on any atom is -0.368 e. The summed E-state index contributed by atoms with van der Waals surface area (Å²) in [6.07, 6.45) is 8.42. The molecule has 2 N–H and O–H groups in total. The van der Waals surface area contributed by atoms with Crippen LogP contribution >= 0.6 is 0 Å². The first kappa shape index (κ1) is 18.5. The Kier molecular flexibility index (Phi) is 4.34. The lowest BCUT2D eigenvalue weighted by Crippen LogP contribution is -2.36. The molecule has 0 aliphatic heterocycles. The zero-order valence-electron chi connectivity index (χ0n) is 17.0. The van der Waals surface area contributed by atoms with Gasteiger partial charge in [0.25, 0.3) is 5.89 Å². The number of hydrogen-bond donors (Lipinski definition) is 1. The summed E-state index contributed by atoms with van der Waals surface area (Å²) in [5.41, 5.74) is 10.5. The fourth-order valence-corrected chi connectivity index (χ4v) is 4.14. The Morgan fingerprint density at radius 3 is 2.40 bits per heavy atom. The van der Waals surface area contributed by atoms with Crippen molar-refractivity contribution >= 4 is 5.95 Å². The Morgan fingerprint density at radius 1 is 1.07 bits per heavy atom. The molecule has 0 unspecified atom stereocenters. The predicted molar refractivity (Wildman–Crippen MR) is 112 cm³/mol. The summed E-state index contributed by atoms with van der Waals surface area (Å²) in [6, 6.07) is 8.45. The molecule has 0 bridgehead atoms. The van der Waals surface area contributed by atoms with E-state index in [4.69, 9.17) is 15.2 Å². The standard InChI is InChI=1S/C22H23N7O/c1-3-29-14(2)18(13-26-29)19-27-20(28-30-19)22(9-4-10-22)17-7-5-15(6-8-17)16-11-24-21(23)25-12-16/h5-8,11-13H,3-4,9-10H2,1-2H3,(H2,23,24,25). The molecule has 3 aromatic heterocycles. The Balaban J connectivity index is 1.47. The van der Waals surface area contributed by atoms with Crippen LogP contribution in [-0.2, 0) is 12.0 Å². The summed E-state index contributed by atoms with van der Waals surface area (Å²) in [5.74, 6) is 1.55. The number of anilines is 1. The summed E-state index contributed by atoms with van der Waals surface area (Å²) < 4.78 is 7.58. The normalized spacial score (nSPS) is 15.1. The molecule has 8 heteroatoms. The molecule has 1 aliphatic rings. The van der Waals surface area contributed by atoms with Crippen molar-refractivity contribution in [3.05, 3.63) is 59.9 Å².